The summed E-state index contributed by atoms with van der Waals surface area (Å²) in [6.45, 7) is 7.72. The first kappa shape index (κ1) is 23.1. The number of aliphatic imine (C=N–C) groups is 1. The van der Waals surface area contributed by atoms with Gasteiger partial charge < -0.3 is 10.5 Å². The number of primary amides is 1. The second-order valence-corrected chi connectivity index (χ2v) is 6.60. The van der Waals surface area contributed by atoms with E-state index in [0.29, 0.717) is 11.6 Å². The molecular formula is C22H26ClN5O2. The summed E-state index contributed by atoms with van der Waals surface area (Å²) in [4.78, 5) is 14.0. The average Bonchev–Trinajstić information content (AvgIpc) is 3.01. The molecule has 0 radical (unpaired) electrons. The van der Waals surface area contributed by atoms with Crippen molar-refractivity contribution in [3.05, 3.63) is 70.3 Å². The van der Waals surface area contributed by atoms with Gasteiger partial charge in [-0.1, -0.05) is 37.6 Å². The molecule has 158 valence electrons. The Bertz CT molecular complexity index is 1040. The van der Waals surface area contributed by atoms with Gasteiger partial charge in [-0.2, -0.15) is 0 Å². The maximum atomic E-state index is 9.22. The van der Waals surface area contributed by atoms with Gasteiger partial charge >= 0.3 is 0 Å². The number of carbonyl (C=O) groups excluding carboxylic acids is 1. The number of rotatable bonds is 2. The molecule has 1 aliphatic rings. The van der Waals surface area contributed by atoms with Crippen molar-refractivity contribution in [1.82, 2.24) is 14.8 Å². The standard InChI is InChI=1S/C18H15ClN4O.C2H5NO.C2H6/c1-11-21-22-17-10-20-18(12-3-5-13(19)6-4-12)15-9-14(24-2)7-8-16(15)23(11)17;1-2(3)4;1-2/h3-9H,10H2,1-2H3;1H3,(H2,3,4);1-2H3. The minimum absolute atomic E-state index is 0.333. The van der Waals surface area contributed by atoms with E-state index >= 15 is 0 Å². The molecule has 7 nitrogen and oxygen atoms in total. The molecule has 0 saturated heterocycles. The van der Waals surface area contributed by atoms with Gasteiger partial charge in [0.05, 0.1) is 18.5 Å². The molecule has 1 amide bonds. The van der Waals surface area contributed by atoms with Gasteiger partial charge in [-0.25, -0.2) is 0 Å². The average molecular weight is 428 g/mol. The van der Waals surface area contributed by atoms with Crippen molar-refractivity contribution in [3.63, 3.8) is 0 Å². The van der Waals surface area contributed by atoms with E-state index in [9.17, 15) is 4.79 Å². The Kier molecular flexibility index (Phi) is 8.12. The second kappa shape index (κ2) is 10.5. The van der Waals surface area contributed by atoms with Crippen molar-refractivity contribution in [2.75, 3.05) is 7.11 Å². The highest BCUT2D eigenvalue weighted by atomic mass is 35.5. The van der Waals surface area contributed by atoms with E-state index in [2.05, 4.69) is 15.9 Å². The van der Waals surface area contributed by atoms with Crippen LogP contribution in [0.2, 0.25) is 5.02 Å². The Labute approximate surface area is 181 Å². The van der Waals surface area contributed by atoms with Crippen LogP contribution in [-0.2, 0) is 11.3 Å². The lowest BCUT2D eigenvalue weighted by Gasteiger charge is -2.14. The number of carbonyl (C=O) groups is 1. The molecule has 1 aliphatic heterocycles. The molecule has 0 saturated carbocycles. The molecule has 0 fully saturated rings. The number of fused-ring (bicyclic) bond motifs is 3. The lowest BCUT2D eigenvalue weighted by molar-refractivity contribution is -0.115. The van der Waals surface area contributed by atoms with Gasteiger partial charge in [0.1, 0.15) is 18.1 Å². The number of benzene rings is 2. The normalized spacial score (nSPS) is 11.3. The highest BCUT2D eigenvalue weighted by Crippen LogP contribution is 2.29. The molecule has 4 rings (SSSR count). The number of halogens is 1. The molecule has 2 heterocycles. The van der Waals surface area contributed by atoms with Gasteiger partial charge in [0, 0.05) is 23.1 Å². The Morgan fingerprint density at radius 1 is 1.13 bits per heavy atom. The molecule has 8 heteroatoms. The van der Waals surface area contributed by atoms with Crippen molar-refractivity contribution in [3.8, 4) is 11.4 Å². The molecule has 0 spiro atoms. The number of hydrogen-bond acceptors (Lipinski definition) is 5. The second-order valence-electron chi connectivity index (χ2n) is 6.16. The van der Waals surface area contributed by atoms with E-state index in [1.807, 2.05) is 67.8 Å². The number of nitrogens with two attached hydrogens (primary N) is 1. The Morgan fingerprint density at radius 2 is 1.77 bits per heavy atom. The maximum absolute atomic E-state index is 9.22. The predicted octanol–water partition coefficient (Wildman–Crippen LogP) is 4.11. The van der Waals surface area contributed by atoms with E-state index in [0.717, 1.165) is 39.9 Å². The number of aryl methyl sites for hydroxylation is 1. The molecule has 30 heavy (non-hydrogen) atoms. The fraction of sp³-hybridized carbons (Fsp3) is 0.273. The van der Waals surface area contributed by atoms with E-state index in [1.165, 1.54) is 6.92 Å². The summed E-state index contributed by atoms with van der Waals surface area (Å²) in [5.41, 5.74) is 8.36. The van der Waals surface area contributed by atoms with Gasteiger partial charge in [-0.05, 0) is 37.3 Å². The number of hydrogen-bond donors (Lipinski definition) is 1. The number of nitrogens with zero attached hydrogens (tertiary/aromatic N) is 4. The van der Waals surface area contributed by atoms with Crippen LogP contribution in [0, 0.1) is 6.92 Å². The van der Waals surface area contributed by atoms with Crippen molar-refractivity contribution < 1.29 is 9.53 Å². The molecule has 0 atom stereocenters. The third-order valence-electron chi connectivity index (χ3n) is 4.09. The van der Waals surface area contributed by atoms with Gasteiger partial charge in [-0.15, -0.1) is 10.2 Å². The van der Waals surface area contributed by atoms with Crippen LogP contribution in [0.25, 0.3) is 5.69 Å². The molecular weight excluding hydrogens is 402 g/mol. The van der Waals surface area contributed by atoms with Crippen LogP contribution in [0.3, 0.4) is 0 Å². The van der Waals surface area contributed by atoms with Crippen LogP contribution >= 0.6 is 11.6 Å². The van der Waals surface area contributed by atoms with Crippen LogP contribution in [-0.4, -0.2) is 33.5 Å². The minimum Gasteiger partial charge on any atom is -0.497 e. The lowest BCUT2D eigenvalue weighted by atomic mass is 10.00. The quantitative estimate of drug-likeness (QED) is 0.665. The zero-order valence-electron chi connectivity index (χ0n) is 17.8. The molecule has 0 bridgehead atoms. The van der Waals surface area contributed by atoms with Gasteiger partial charge in [-0.3, -0.25) is 14.4 Å². The highest BCUT2D eigenvalue weighted by Gasteiger charge is 2.22. The molecule has 2 N–H and O–H groups in total. The topological polar surface area (TPSA) is 95.4 Å². The maximum Gasteiger partial charge on any atom is 0.214 e. The van der Waals surface area contributed by atoms with Crippen molar-refractivity contribution in [2.24, 2.45) is 10.7 Å². The molecule has 1 aromatic heterocycles. The molecule has 0 aliphatic carbocycles. The SMILES string of the molecule is CC.CC(N)=O.COc1ccc2c(c1)C(c1ccc(Cl)cc1)=NCc1nnc(C)n1-2. The molecule has 0 unspecified atom stereocenters. The van der Waals surface area contributed by atoms with Gasteiger partial charge in [0.15, 0.2) is 5.82 Å². The van der Waals surface area contributed by atoms with Crippen LogP contribution in [0.4, 0.5) is 0 Å². The lowest BCUT2D eigenvalue weighted by Crippen LogP contribution is -2.08. The number of amides is 1. The zero-order chi connectivity index (χ0) is 22.3. The Hall–Kier alpha value is -3.19. The first-order valence-corrected chi connectivity index (χ1v) is 9.94. The first-order chi connectivity index (χ1) is 14.4. The molecule has 2 aromatic carbocycles. The Balaban J connectivity index is 0.000000481. The summed E-state index contributed by atoms with van der Waals surface area (Å²) in [7, 11) is 1.66. The fourth-order valence-electron chi connectivity index (χ4n) is 2.94. The van der Waals surface area contributed by atoms with Crippen molar-refractivity contribution in [1.29, 1.82) is 0 Å². The van der Waals surface area contributed by atoms with E-state index in [-0.39, 0.29) is 5.91 Å². The highest BCUT2D eigenvalue weighted by molar-refractivity contribution is 6.30. The number of aromatic nitrogens is 3. The Morgan fingerprint density at radius 3 is 2.37 bits per heavy atom. The largest absolute Gasteiger partial charge is 0.497 e. The number of ether oxygens (including phenoxy) is 1. The summed E-state index contributed by atoms with van der Waals surface area (Å²) in [5, 5.41) is 9.14. The van der Waals surface area contributed by atoms with Crippen LogP contribution in [0.5, 0.6) is 5.75 Å². The van der Waals surface area contributed by atoms with E-state index in [1.54, 1.807) is 7.11 Å². The summed E-state index contributed by atoms with van der Waals surface area (Å²) in [6, 6.07) is 13.6. The smallest absolute Gasteiger partial charge is 0.214 e. The summed E-state index contributed by atoms with van der Waals surface area (Å²) in [5.74, 6) is 2.11. The third kappa shape index (κ3) is 5.24. The van der Waals surface area contributed by atoms with Crippen LogP contribution in [0.15, 0.2) is 47.5 Å². The summed E-state index contributed by atoms with van der Waals surface area (Å²) in [6.07, 6.45) is 0. The zero-order valence-corrected chi connectivity index (χ0v) is 18.6. The summed E-state index contributed by atoms with van der Waals surface area (Å²) >= 11 is 6.02. The van der Waals surface area contributed by atoms with Gasteiger partial charge in [0.25, 0.3) is 0 Å². The van der Waals surface area contributed by atoms with Crippen LogP contribution < -0.4 is 10.5 Å². The van der Waals surface area contributed by atoms with E-state index in [4.69, 9.17) is 21.3 Å². The minimum atomic E-state index is -0.333. The molecule has 3 aromatic rings. The number of methoxy groups -OCH3 is 1. The first-order valence-electron chi connectivity index (χ1n) is 9.56. The monoisotopic (exact) mass is 427 g/mol. The van der Waals surface area contributed by atoms with Crippen molar-refractivity contribution in [2.45, 2.75) is 34.2 Å². The van der Waals surface area contributed by atoms with Crippen LogP contribution in [0.1, 0.15) is 43.5 Å². The van der Waals surface area contributed by atoms with Crippen molar-refractivity contribution >= 4 is 23.2 Å². The summed E-state index contributed by atoms with van der Waals surface area (Å²) < 4.78 is 7.45. The third-order valence-corrected chi connectivity index (χ3v) is 4.34. The fourth-order valence-corrected chi connectivity index (χ4v) is 3.06. The van der Waals surface area contributed by atoms with E-state index < -0.39 is 0 Å². The van der Waals surface area contributed by atoms with Gasteiger partial charge in [0.2, 0.25) is 5.91 Å². The predicted molar refractivity (Wildman–Crippen MR) is 120 cm³/mol.